The van der Waals surface area contributed by atoms with Gasteiger partial charge in [0.2, 0.25) is 5.88 Å². The summed E-state index contributed by atoms with van der Waals surface area (Å²) in [6, 6.07) is 6.65. The van der Waals surface area contributed by atoms with Gasteiger partial charge in [0, 0.05) is 17.8 Å². The molecule has 0 saturated heterocycles. The summed E-state index contributed by atoms with van der Waals surface area (Å²) < 4.78 is 18.3. The van der Waals surface area contributed by atoms with Crippen molar-refractivity contribution in [3.8, 4) is 11.6 Å². The fourth-order valence-corrected chi connectivity index (χ4v) is 1.82. The Morgan fingerprint density at radius 1 is 1.38 bits per heavy atom. The van der Waals surface area contributed by atoms with Crippen LogP contribution in [0.1, 0.15) is 28.9 Å². The average molecular weight is 290 g/mol. The van der Waals surface area contributed by atoms with E-state index in [1.54, 1.807) is 19.1 Å². The standard InChI is InChI=1S/C15H15FN2O3/c1-9(10-3-4-13(19)12(16)7-10)18-15(20)11-5-6-17-14(8-11)21-2/h3-9,19H,1-2H3,(H,18,20). The number of phenolic OH excluding ortho intramolecular Hbond substituents is 1. The summed E-state index contributed by atoms with van der Waals surface area (Å²) in [7, 11) is 1.46. The monoisotopic (exact) mass is 290 g/mol. The lowest BCUT2D eigenvalue weighted by atomic mass is 10.1. The van der Waals surface area contributed by atoms with Gasteiger partial charge in [-0.05, 0) is 30.7 Å². The van der Waals surface area contributed by atoms with E-state index in [1.807, 2.05) is 0 Å². The van der Waals surface area contributed by atoms with Gasteiger partial charge in [0.1, 0.15) is 0 Å². The number of amides is 1. The van der Waals surface area contributed by atoms with Crippen molar-refractivity contribution in [3.63, 3.8) is 0 Å². The molecule has 1 atom stereocenters. The molecule has 0 spiro atoms. The van der Waals surface area contributed by atoms with Crippen LogP contribution in [0, 0.1) is 5.82 Å². The van der Waals surface area contributed by atoms with E-state index in [2.05, 4.69) is 10.3 Å². The molecule has 2 N–H and O–H groups in total. The van der Waals surface area contributed by atoms with Gasteiger partial charge in [0.15, 0.2) is 11.6 Å². The lowest BCUT2D eigenvalue weighted by Gasteiger charge is -2.15. The first kappa shape index (κ1) is 14.8. The maximum atomic E-state index is 13.3. The largest absolute Gasteiger partial charge is 0.505 e. The molecule has 21 heavy (non-hydrogen) atoms. The molecule has 2 rings (SSSR count). The smallest absolute Gasteiger partial charge is 0.252 e. The first-order valence-corrected chi connectivity index (χ1v) is 6.30. The third-order valence-corrected chi connectivity index (χ3v) is 3.03. The Labute approximate surface area is 121 Å². The fraction of sp³-hybridized carbons (Fsp3) is 0.200. The number of hydrogen-bond donors (Lipinski definition) is 2. The second-order valence-corrected chi connectivity index (χ2v) is 4.49. The Balaban J connectivity index is 2.12. The van der Waals surface area contributed by atoms with E-state index in [0.29, 0.717) is 17.0 Å². The molecular formula is C15H15FN2O3. The van der Waals surface area contributed by atoms with Crippen LogP contribution in [-0.2, 0) is 0 Å². The number of nitrogens with zero attached hydrogens (tertiary/aromatic N) is 1. The molecule has 1 amide bonds. The Kier molecular flexibility index (Phi) is 4.37. The molecule has 0 aliphatic rings. The van der Waals surface area contributed by atoms with Crippen LogP contribution in [0.5, 0.6) is 11.6 Å². The molecule has 110 valence electrons. The summed E-state index contributed by atoms with van der Waals surface area (Å²) in [5.41, 5.74) is 0.952. The quantitative estimate of drug-likeness (QED) is 0.907. The molecule has 0 aliphatic carbocycles. The van der Waals surface area contributed by atoms with Crippen LogP contribution in [-0.4, -0.2) is 23.1 Å². The summed E-state index contributed by atoms with van der Waals surface area (Å²) in [5, 5.41) is 11.9. The first-order chi connectivity index (χ1) is 10.0. The summed E-state index contributed by atoms with van der Waals surface area (Å²) >= 11 is 0. The predicted molar refractivity (Wildman–Crippen MR) is 74.7 cm³/mol. The Hall–Kier alpha value is -2.63. The molecule has 1 unspecified atom stereocenters. The molecule has 0 bridgehead atoms. The number of nitrogens with one attached hydrogen (secondary N) is 1. The van der Waals surface area contributed by atoms with Gasteiger partial charge >= 0.3 is 0 Å². The van der Waals surface area contributed by atoms with Crippen molar-refractivity contribution in [2.45, 2.75) is 13.0 Å². The SMILES string of the molecule is COc1cc(C(=O)NC(C)c2ccc(O)c(F)c2)ccn1. The van der Waals surface area contributed by atoms with E-state index in [1.165, 1.54) is 31.5 Å². The van der Waals surface area contributed by atoms with E-state index in [4.69, 9.17) is 9.84 Å². The number of rotatable bonds is 4. The highest BCUT2D eigenvalue weighted by Gasteiger charge is 2.14. The molecular weight excluding hydrogens is 275 g/mol. The van der Waals surface area contributed by atoms with Gasteiger partial charge < -0.3 is 15.2 Å². The molecule has 1 heterocycles. The van der Waals surface area contributed by atoms with Gasteiger partial charge in [0.25, 0.3) is 5.91 Å². The van der Waals surface area contributed by atoms with E-state index in [9.17, 15) is 9.18 Å². The number of hydrogen-bond acceptors (Lipinski definition) is 4. The second-order valence-electron chi connectivity index (χ2n) is 4.49. The summed E-state index contributed by atoms with van der Waals surface area (Å²) in [6.07, 6.45) is 1.47. The van der Waals surface area contributed by atoms with Crippen molar-refractivity contribution in [2.75, 3.05) is 7.11 Å². The zero-order valence-electron chi connectivity index (χ0n) is 11.6. The van der Waals surface area contributed by atoms with Crippen molar-refractivity contribution in [3.05, 3.63) is 53.5 Å². The number of carbonyl (C=O) groups excluding carboxylic acids is 1. The van der Waals surface area contributed by atoms with Crippen LogP contribution in [0.15, 0.2) is 36.5 Å². The van der Waals surface area contributed by atoms with Gasteiger partial charge in [-0.25, -0.2) is 9.37 Å². The minimum absolute atomic E-state index is 0.323. The molecule has 0 aliphatic heterocycles. The summed E-state index contributed by atoms with van der Waals surface area (Å²) in [5.74, 6) is -1.13. The minimum atomic E-state index is -0.723. The maximum absolute atomic E-state index is 13.3. The van der Waals surface area contributed by atoms with E-state index in [0.717, 1.165) is 0 Å². The molecule has 0 saturated carbocycles. The molecule has 6 heteroatoms. The van der Waals surface area contributed by atoms with E-state index < -0.39 is 17.6 Å². The van der Waals surface area contributed by atoms with Gasteiger partial charge in [-0.2, -0.15) is 0 Å². The van der Waals surface area contributed by atoms with Crippen LogP contribution in [0.25, 0.3) is 0 Å². The Bertz CT molecular complexity index is 661. The molecule has 5 nitrogen and oxygen atoms in total. The predicted octanol–water partition coefficient (Wildman–Crippen LogP) is 2.43. The van der Waals surface area contributed by atoms with Gasteiger partial charge in [-0.3, -0.25) is 4.79 Å². The maximum Gasteiger partial charge on any atom is 0.252 e. The van der Waals surface area contributed by atoms with Crippen LogP contribution >= 0.6 is 0 Å². The van der Waals surface area contributed by atoms with Gasteiger partial charge in [0.05, 0.1) is 13.2 Å². The Morgan fingerprint density at radius 2 is 2.14 bits per heavy atom. The molecule has 2 aromatic rings. The molecule has 1 aromatic carbocycles. The molecule has 0 fully saturated rings. The van der Waals surface area contributed by atoms with Crippen LogP contribution in [0.2, 0.25) is 0 Å². The van der Waals surface area contributed by atoms with Crippen LogP contribution < -0.4 is 10.1 Å². The fourth-order valence-electron chi connectivity index (χ4n) is 1.82. The van der Waals surface area contributed by atoms with Gasteiger partial charge in [-0.1, -0.05) is 6.07 Å². The number of aromatic nitrogens is 1. The van der Waals surface area contributed by atoms with Gasteiger partial charge in [-0.15, -0.1) is 0 Å². The zero-order valence-corrected chi connectivity index (χ0v) is 11.6. The number of phenols is 1. The highest BCUT2D eigenvalue weighted by molar-refractivity contribution is 5.94. The highest BCUT2D eigenvalue weighted by Crippen LogP contribution is 2.21. The first-order valence-electron chi connectivity index (χ1n) is 6.30. The number of pyridine rings is 1. The van der Waals surface area contributed by atoms with Crippen molar-refractivity contribution >= 4 is 5.91 Å². The lowest BCUT2D eigenvalue weighted by molar-refractivity contribution is 0.0939. The third-order valence-electron chi connectivity index (χ3n) is 3.03. The summed E-state index contributed by atoms with van der Waals surface area (Å²) in [4.78, 5) is 16.0. The van der Waals surface area contributed by atoms with Crippen molar-refractivity contribution in [1.29, 1.82) is 0 Å². The number of benzene rings is 1. The highest BCUT2D eigenvalue weighted by atomic mass is 19.1. The average Bonchev–Trinajstić information content (AvgIpc) is 2.49. The third kappa shape index (κ3) is 3.47. The van der Waals surface area contributed by atoms with Crippen LogP contribution in [0.3, 0.4) is 0 Å². The van der Waals surface area contributed by atoms with E-state index >= 15 is 0 Å². The van der Waals surface area contributed by atoms with Crippen LogP contribution in [0.4, 0.5) is 4.39 Å². The molecule has 0 radical (unpaired) electrons. The number of halogens is 1. The number of aromatic hydroxyl groups is 1. The van der Waals surface area contributed by atoms with Crippen molar-refractivity contribution < 1.29 is 19.0 Å². The minimum Gasteiger partial charge on any atom is -0.505 e. The number of methoxy groups -OCH3 is 1. The van der Waals surface area contributed by atoms with Crippen molar-refractivity contribution in [1.82, 2.24) is 10.3 Å². The second kappa shape index (κ2) is 6.21. The molecule has 1 aromatic heterocycles. The normalized spacial score (nSPS) is 11.8. The van der Waals surface area contributed by atoms with E-state index in [-0.39, 0.29) is 5.91 Å². The zero-order chi connectivity index (χ0) is 15.4. The Morgan fingerprint density at radius 3 is 2.81 bits per heavy atom. The topological polar surface area (TPSA) is 71.5 Å². The van der Waals surface area contributed by atoms with Crippen molar-refractivity contribution in [2.24, 2.45) is 0 Å². The summed E-state index contributed by atoms with van der Waals surface area (Å²) in [6.45, 7) is 1.72. The number of ether oxygens (including phenoxy) is 1. The number of carbonyl (C=O) groups is 1. The lowest BCUT2D eigenvalue weighted by Crippen LogP contribution is -2.26.